The summed E-state index contributed by atoms with van der Waals surface area (Å²) >= 11 is 0. The lowest BCUT2D eigenvalue weighted by Crippen LogP contribution is -2.37. The molecular formula is C17H19N5O4. The van der Waals surface area contributed by atoms with Gasteiger partial charge in [-0.15, -0.1) is 0 Å². The van der Waals surface area contributed by atoms with Crippen molar-refractivity contribution in [2.75, 3.05) is 25.6 Å². The zero-order chi connectivity index (χ0) is 18.6. The third-order valence-corrected chi connectivity index (χ3v) is 3.77. The molecule has 0 saturated heterocycles. The smallest absolute Gasteiger partial charge is 0.418 e. The Labute approximate surface area is 150 Å². The monoisotopic (exact) mass is 357 g/mol. The molecule has 26 heavy (non-hydrogen) atoms. The lowest BCUT2D eigenvalue weighted by Gasteiger charge is -2.30. The minimum Gasteiger partial charge on any atom is -0.480 e. The van der Waals surface area contributed by atoms with Crippen molar-refractivity contribution in [2.45, 2.75) is 12.5 Å². The van der Waals surface area contributed by atoms with Gasteiger partial charge in [-0.05, 0) is 24.6 Å². The van der Waals surface area contributed by atoms with Crippen LogP contribution in [0.4, 0.5) is 10.5 Å². The van der Waals surface area contributed by atoms with Gasteiger partial charge in [-0.1, -0.05) is 12.1 Å². The van der Waals surface area contributed by atoms with Crippen molar-refractivity contribution >= 4 is 17.6 Å². The Kier molecular flexibility index (Phi) is 4.99. The summed E-state index contributed by atoms with van der Waals surface area (Å²) in [6.45, 7) is 2.65. The standard InChI is InChI=1S/C17H19N5O4/c1-17(10-25-9-13(18)22-17)11-4-3-5-12(6-11)21-16(23)26-15-8-19-14(24-2)7-20-15/h3-8H,9-10H2,1-2H3,(H2,18,22)(H,21,23). The Morgan fingerprint density at radius 2 is 2.08 bits per heavy atom. The van der Waals surface area contributed by atoms with Crippen LogP contribution in [0.3, 0.4) is 0 Å². The van der Waals surface area contributed by atoms with E-state index in [4.69, 9.17) is 19.9 Å². The van der Waals surface area contributed by atoms with Crippen LogP contribution < -0.4 is 20.5 Å². The number of ether oxygens (including phenoxy) is 3. The largest absolute Gasteiger partial charge is 0.480 e. The number of carbonyl (C=O) groups excluding carboxylic acids is 1. The quantitative estimate of drug-likeness (QED) is 0.854. The van der Waals surface area contributed by atoms with Crippen LogP contribution in [0.25, 0.3) is 0 Å². The van der Waals surface area contributed by atoms with E-state index < -0.39 is 11.6 Å². The summed E-state index contributed by atoms with van der Waals surface area (Å²) in [5, 5.41) is 2.65. The molecule has 0 radical (unpaired) electrons. The van der Waals surface area contributed by atoms with Gasteiger partial charge in [0.05, 0.1) is 26.1 Å². The number of hydrogen-bond acceptors (Lipinski definition) is 8. The minimum absolute atomic E-state index is 0.0597. The fraction of sp³-hybridized carbons (Fsp3) is 0.294. The fourth-order valence-electron chi connectivity index (χ4n) is 2.52. The summed E-state index contributed by atoms with van der Waals surface area (Å²) in [5.74, 6) is 0.826. The molecule has 1 aliphatic heterocycles. The number of anilines is 1. The van der Waals surface area contributed by atoms with Gasteiger partial charge in [0.2, 0.25) is 11.8 Å². The lowest BCUT2D eigenvalue weighted by atomic mass is 9.92. The predicted molar refractivity (Wildman–Crippen MR) is 94.5 cm³/mol. The number of amidine groups is 1. The number of methoxy groups -OCH3 is 1. The molecule has 1 atom stereocenters. The Morgan fingerprint density at radius 3 is 2.77 bits per heavy atom. The molecule has 2 heterocycles. The normalized spacial score (nSPS) is 19.4. The maximum absolute atomic E-state index is 12.1. The number of carbonyl (C=O) groups is 1. The molecular weight excluding hydrogens is 338 g/mol. The van der Waals surface area contributed by atoms with E-state index in [1.165, 1.54) is 19.5 Å². The zero-order valence-corrected chi connectivity index (χ0v) is 14.4. The molecule has 0 aliphatic carbocycles. The first kappa shape index (κ1) is 17.6. The van der Waals surface area contributed by atoms with Crippen LogP contribution in [0.15, 0.2) is 41.7 Å². The van der Waals surface area contributed by atoms with Gasteiger partial charge in [-0.2, -0.15) is 0 Å². The maximum atomic E-state index is 12.1. The van der Waals surface area contributed by atoms with Gasteiger partial charge < -0.3 is 19.9 Å². The third kappa shape index (κ3) is 4.06. The highest BCUT2D eigenvalue weighted by atomic mass is 16.6. The molecule has 1 unspecified atom stereocenters. The summed E-state index contributed by atoms with van der Waals surface area (Å²) < 4.78 is 15.5. The van der Waals surface area contributed by atoms with Crippen LogP contribution in [-0.4, -0.2) is 42.2 Å². The van der Waals surface area contributed by atoms with Gasteiger partial charge in [-0.25, -0.2) is 14.8 Å². The van der Waals surface area contributed by atoms with Crippen LogP contribution in [0.5, 0.6) is 11.8 Å². The predicted octanol–water partition coefficient (Wildman–Crippen LogP) is 1.70. The molecule has 1 aromatic carbocycles. The fourth-order valence-corrected chi connectivity index (χ4v) is 2.52. The highest BCUT2D eigenvalue weighted by Gasteiger charge is 2.30. The SMILES string of the molecule is COc1cnc(OC(=O)Nc2cccc(C3(C)COCC(N)=N3)c2)cn1. The molecule has 0 bridgehead atoms. The van der Waals surface area contributed by atoms with Crippen molar-refractivity contribution < 1.29 is 19.0 Å². The highest BCUT2D eigenvalue weighted by Crippen LogP contribution is 2.29. The van der Waals surface area contributed by atoms with E-state index in [2.05, 4.69) is 20.3 Å². The number of nitrogens with two attached hydrogens (primary N) is 1. The van der Waals surface area contributed by atoms with Gasteiger partial charge in [0.25, 0.3) is 0 Å². The van der Waals surface area contributed by atoms with Crippen molar-refractivity contribution in [3.63, 3.8) is 0 Å². The summed E-state index contributed by atoms with van der Waals surface area (Å²) in [7, 11) is 1.47. The van der Waals surface area contributed by atoms with E-state index in [9.17, 15) is 4.79 Å². The first-order chi connectivity index (χ1) is 12.5. The van der Waals surface area contributed by atoms with Gasteiger partial charge >= 0.3 is 6.09 Å². The average molecular weight is 357 g/mol. The molecule has 136 valence electrons. The van der Waals surface area contributed by atoms with Crippen molar-refractivity contribution in [2.24, 2.45) is 10.7 Å². The second-order valence-corrected chi connectivity index (χ2v) is 5.86. The van der Waals surface area contributed by atoms with Crippen LogP contribution >= 0.6 is 0 Å². The van der Waals surface area contributed by atoms with Gasteiger partial charge in [-0.3, -0.25) is 10.3 Å². The number of nitrogens with one attached hydrogen (secondary N) is 1. The van der Waals surface area contributed by atoms with Gasteiger partial charge in [0.15, 0.2) is 0 Å². The number of aliphatic imine (C=N–C) groups is 1. The second-order valence-electron chi connectivity index (χ2n) is 5.86. The molecule has 1 aromatic heterocycles. The van der Waals surface area contributed by atoms with Crippen molar-refractivity contribution in [3.8, 4) is 11.8 Å². The number of benzene rings is 1. The van der Waals surface area contributed by atoms with Crippen LogP contribution in [0.2, 0.25) is 0 Å². The lowest BCUT2D eigenvalue weighted by molar-refractivity contribution is 0.106. The van der Waals surface area contributed by atoms with E-state index in [1.807, 2.05) is 19.1 Å². The minimum atomic E-state index is -0.685. The Hall–Kier alpha value is -3.20. The average Bonchev–Trinajstić information content (AvgIpc) is 2.62. The number of aromatic nitrogens is 2. The second kappa shape index (κ2) is 7.36. The third-order valence-electron chi connectivity index (χ3n) is 3.77. The number of hydrogen-bond donors (Lipinski definition) is 2. The molecule has 0 fully saturated rings. The molecule has 3 rings (SSSR count). The molecule has 1 aliphatic rings. The Morgan fingerprint density at radius 1 is 1.31 bits per heavy atom. The van der Waals surface area contributed by atoms with E-state index >= 15 is 0 Å². The van der Waals surface area contributed by atoms with Crippen LogP contribution in [-0.2, 0) is 10.3 Å². The van der Waals surface area contributed by atoms with Crippen molar-refractivity contribution in [1.29, 1.82) is 0 Å². The summed E-state index contributed by atoms with van der Waals surface area (Å²) in [6.07, 6.45) is 1.97. The van der Waals surface area contributed by atoms with E-state index in [0.717, 1.165) is 5.56 Å². The topological polar surface area (TPSA) is 121 Å². The van der Waals surface area contributed by atoms with Crippen molar-refractivity contribution in [1.82, 2.24) is 9.97 Å². The van der Waals surface area contributed by atoms with Crippen LogP contribution in [0.1, 0.15) is 12.5 Å². The maximum Gasteiger partial charge on any atom is 0.418 e. The summed E-state index contributed by atoms with van der Waals surface area (Å²) in [4.78, 5) is 24.4. The zero-order valence-electron chi connectivity index (χ0n) is 14.4. The van der Waals surface area contributed by atoms with E-state index in [-0.39, 0.29) is 5.88 Å². The number of rotatable bonds is 4. The van der Waals surface area contributed by atoms with Gasteiger partial charge in [0, 0.05) is 5.69 Å². The Bertz CT molecular complexity index is 824. The van der Waals surface area contributed by atoms with E-state index in [0.29, 0.717) is 30.6 Å². The first-order valence-corrected chi connectivity index (χ1v) is 7.86. The summed E-state index contributed by atoms with van der Waals surface area (Å²) in [6, 6.07) is 7.25. The summed E-state index contributed by atoms with van der Waals surface area (Å²) in [5.41, 5.74) is 6.59. The van der Waals surface area contributed by atoms with E-state index in [1.54, 1.807) is 12.1 Å². The molecule has 9 heteroatoms. The number of nitrogens with zero attached hydrogens (tertiary/aromatic N) is 3. The molecule has 2 aromatic rings. The molecule has 9 nitrogen and oxygen atoms in total. The van der Waals surface area contributed by atoms with Gasteiger partial charge in [0.1, 0.15) is 18.0 Å². The Balaban J connectivity index is 1.70. The highest BCUT2D eigenvalue weighted by molar-refractivity contribution is 5.86. The number of amides is 1. The molecule has 0 saturated carbocycles. The first-order valence-electron chi connectivity index (χ1n) is 7.86. The molecule has 1 amide bonds. The van der Waals surface area contributed by atoms with Crippen molar-refractivity contribution in [3.05, 3.63) is 42.2 Å². The molecule has 3 N–H and O–H groups in total. The van der Waals surface area contributed by atoms with Crippen LogP contribution in [0, 0.1) is 0 Å². The molecule has 0 spiro atoms.